The second kappa shape index (κ2) is 7.34. The second-order valence-electron chi connectivity index (χ2n) is 5.66. The van der Waals surface area contributed by atoms with Crippen molar-refractivity contribution in [2.75, 3.05) is 26.2 Å². The lowest BCUT2D eigenvalue weighted by Crippen LogP contribution is -2.44. The van der Waals surface area contributed by atoms with Crippen molar-refractivity contribution in [2.45, 2.75) is 63.5 Å². The van der Waals surface area contributed by atoms with E-state index < -0.39 is 0 Å². The molecule has 2 fully saturated rings. The van der Waals surface area contributed by atoms with E-state index in [0.717, 1.165) is 18.5 Å². The van der Waals surface area contributed by atoms with Gasteiger partial charge in [0.25, 0.3) is 0 Å². The highest BCUT2D eigenvalue weighted by molar-refractivity contribution is 4.87. The van der Waals surface area contributed by atoms with Gasteiger partial charge in [-0.3, -0.25) is 4.90 Å². The van der Waals surface area contributed by atoms with E-state index in [0.29, 0.717) is 6.61 Å². The first-order valence-electron chi connectivity index (χ1n) is 7.48. The molecule has 0 radical (unpaired) electrons. The lowest BCUT2D eigenvalue weighted by molar-refractivity contribution is 0.208. The van der Waals surface area contributed by atoms with E-state index in [4.69, 9.17) is 5.11 Å². The van der Waals surface area contributed by atoms with Gasteiger partial charge in [0.2, 0.25) is 0 Å². The van der Waals surface area contributed by atoms with E-state index in [1.807, 2.05) is 0 Å². The molecule has 0 aromatic rings. The lowest BCUT2D eigenvalue weighted by Gasteiger charge is -2.30. The first kappa shape index (κ1) is 13.3. The van der Waals surface area contributed by atoms with Gasteiger partial charge in [-0.1, -0.05) is 6.42 Å². The van der Waals surface area contributed by atoms with E-state index in [-0.39, 0.29) is 0 Å². The minimum atomic E-state index is 0.355. The van der Waals surface area contributed by atoms with Gasteiger partial charge in [-0.15, -0.1) is 0 Å². The summed E-state index contributed by atoms with van der Waals surface area (Å²) in [4.78, 5) is 2.69. The highest BCUT2D eigenvalue weighted by Crippen LogP contribution is 2.27. The van der Waals surface area contributed by atoms with Gasteiger partial charge in [-0.25, -0.2) is 0 Å². The fourth-order valence-electron chi connectivity index (χ4n) is 2.83. The molecule has 1 saturated heterocycles. The van der Waals surface area contributed by atoms with Gasteiger partial charge in [0, 0.05) is 25.2 Å². The summed E-state index contributed by atoms with van der Waals surface area (Å²) in [6, 6.07) is 1.62. The van der Waals surface area contributed by atoms with Gasteiger partial charge >= 0.3 is 0 Å². The van der Waals surface area contributed by atoms with Gasteiger partial charge in [0.15, 0.2) is 0 Å². The number of piperidine rings is 1. The highest BCUT2D eigenvalue weighted by Gasteiger charge is 2.30. The monoisotopic (exact) mass is 240 g/mol. The molecule has 1 saturated carbocycles. The molecule has 100 valence electrons. The minimum Gasteiger partial charge on any atom is -0.396 e. The fourth-order valence-corrected chi connectivity index (χ4v) is 2.83. The van der Waals surface area contributed by atoms with E-state index in [1.165, 1.54) is 64.6 Å². The molecule has 0 aromatic heterocycles. The van der Waals surface area contributed by atoms with Gasteiger partial charge in [-0.2, -0.15) is 0 Å². The number of aliphatic hydroxyl groups is 1. The van der Waals surface area contributed by atoms with Crippen LogP contribution in [0.4, 0.5) is 0 Å². The smallest absolute Gasteiger partial charge is 0.0431 e. The molecule has 2 rings (SSSR count). The van der Waals surface area contributed by atoms with E-state index in [2.05, 4.69) is 10.2 Å². The van der Waals surface area contributed by atoms with Crippen LogP contribution < -0.4 is 5.32 Å². The molecular formula is C14H28N2O. The van der Waals surface area contributed by atoms with Crippen molar-refractivity contribution in [3.05, 3.63) is 0 Å². The Balaban J connectivity index is 1.65. The molecule has 1 aliphatic heterocycles. The van der Waals surface area contributed by atoms with Crippen molar-refractivity contribution in [1.29, 1.82) is 0 Å². The summed E-state index contributed by atoms with van der Waals surface area (Å²) in [7, 11) is 0. The zero-order valence-corrected chi connectivity index (χ0v) is 11.0. The van der Waals surface area contributed by atoms with Crippen LogP contribution in [0.3, 0.4) is 0 Å². The third-order valence-electron chi connectivity index (χ3n) is 4.03. The van der Waals surface area contributed by atoms with Crippen molar-refractivity contribution in [3.63, 3.8) is 0 Å². The Bertz CT molecular complexity index is 200. The normalized spacial score (nSPS) is 25.4. The van der Waals surface area contributed by atoms with Crippen molar-refractivity contribution < 1.29 is 5.11 Å². The van der Waals surface area contributed by atoms with Crippen LogP contribution in [0.2, 0.25) is 0 Å². The summed E-state index contributed by atoms with van der Waals surface area (Å²) in [6.45, 7) is 4.06. The Kier molecular flexibility index (Phi) is 5.75. The fraction of sp³-hybridized carbons (Fsp3) is 1.00. The van der Waals surface area contributed by atoms with Crippen LogP contribution in [0.1, 0.15) is 51.4 Å². The van der Waals surface area contributed by atoms with Crippen LogP contribution in [0.5, 0.6) is 0 Å². The molecule has 0 spiro atoms. The molecular weight excluding hydrogens is 212 g/mol. The summed E-state index contributed by atoms with van der Waals surface area (Å²) < 4.78 is 0. The molecule has 1 unspecified atom stereocenters. The Morgan fingerprint density at radius 2 is 1.94 bits per heavy atom. The molecule has 2 N–H and O–H groups in total. The molecule has 0 aromatic carbocycles. The molecule has 17 heavy (non-hydrogen) atoms. The van der Waals surface area contributed by atoms with Crippen LogP contribution in [0.25, 0.3) is 0 Å². The number of hydrogen-bond acceptors (Lipinski definition) is 3. The number of rotatable bonds is 8. The van der Waals surface area contributed by atoms with Crippen molar-refractivity contribution in [3.8, 4) is 0 Å². The van der Waals surface area contributed by atoms with Crippen LogP contribution in [0.15, 0.2) is 0 Å². The summed E-state index contributed by atoms with van der Waals surface area (Å²) in [6.07, 6.45) is 10.3. The van der Waals surface area contributed by atoms with Crippen molar-refractivity contribution in [2.24, 2.45) is 0 Å². The van der Waals surface area contributed by atoms with E-state index >= 15 is 0 Å². The molecule has 0 amide bonds. The maximum atomic E-state index is 8.79. The Morgan fingerprint density at radius 1 is 1.06 bits per heavy atom. The van der Waals surface area contributed by atoms with E-state index in [1.54, 1.807) is 0 Å². The molecule has 1 atom stereocenters. The molecule has 3 heteroatoms. The van der Waals surface area contributed by atoms with Gasteiger partial charge in [0.05, 0.1) is 0 Å². The van der Waals surface area contributed by atoms with Gasteiger partial charge in [0.1, 0.15) is 0 Å². The first-order chi connectivity index (χ1) is 8.40. The SMILES string of the molecule is OCCCCCN(CC1CCCCN1)C1CC1. The molecule has 2 aliphatic rings. The van der Waals surface area contributed by atoms with Gasteiger partial charge in [-0.05, 0) is 58.0 Å². The number of aliphatic hydroxyl groups excluding tert-OH is 1. The maximum Gasteiger partial charge on any atom is 0.0431 e. The van der Waals surface area contributed by atoms with Gasteiger partial charge < -0.3 is 10.4 Å². The summed E-state index contributed by atoms with van der Waals surface area (Å²) in [5.74, 6) is 0. The zero-order chi connectivity index (χ0) is 11.9. The lowest BCUT2D eigenvalue weighted by atomic mass is 10.0. The Morgan fingerprint density at radius 3 is 2.59 bits per heavy atom. The molecule has 0 bridgehead atoms. The predicted molar refractivity (Wildman–Crippen MR) is 71.2 cm³/mol. The highest BCUT2D eigenvalue weighted by atomic mass is 16.2. The summed E-state index contributed by atoms with van der Waals surface area (Å²) in [5.41, 5.74) is 0. The van der Waals surface area contributed by atoms with Crippen LogP contribution >= 0.6 is 0 Å². The number of nitrogens with one attached hydrogen (secondary N) is 1. The summed E-state index contributed by atoms with van der Waals surface area (Å²) in [5, 5.41) is 12.4. The van der Waals surface area contributed by atoms with Crippen LogP contribution in [-0.4, -0.2) is 48.3 Å². The predicted octanol–water partition coefficient (Wildman–Crippen LogP) is 1.76. The molecule has 1 heterocycles. The Hall–Kier alpha value is -0.120. The second-order valence-corrected chi connectivity index (χ2v) is 5.66. The number of unbranched alkanes of at least 4 members (excludes halogenated alkanes) is 2. The average molecular weight is 240 g/mol. The molecule has 3 nitrogen and oxygen atoms in total. The van der Waals surface area contributed by atoms with Crippen LogP contribution in [-0.2, 0) is 0 Å². The minimum absolute atomic E-state index is 0.355. The standard InChI is InChI=1S/C14H28N2O/c17-11-5-1-4-10-16(14-7-8-14)12-13-6-2-3-9-15-13/h13-15,17H,1-12H2. The summed E-state index contributed by atoms with van der Waals surface area (Å²) >= 11 is 0. The number of nitrogens with zero attached hydrogens (tertiary/aromatic N) is 1. The topological polar surface area (TPSA) is 35.5 Å². The number of hydrogen-bond donors (Lipinski definition) is 2. The third-order valence-corrected chi connectivity index (χ3v) is 4.03. The maximum absolute atomic E-state index is 8.79. The zero-order valence-electron chi connectivity index (χ0n) is 11.0. The van der Waals surface area contributed by atoms with Crippen molar-refractivity contribution in [1.82, 2.24) is 10.2 Å². The van der Waals surface area contributed by atoms with Crippen LogP contribution in [0, 0.1) is 0 Å². The average Bonchev–Trinajstić information content (AvgIpc) is 3.19. The molecule has 1 aliphatic carbocycles. The first-order valence-corrected chi connectivity index (χ1v) is 7.48. The largest absolute Gasteiger partial charge is 0.396 e. The third kappa shape index (κ3) is 4.94. The Labute approximate surface area is 106 Å². The van der Waals surface area contributed by atoms with E-state index in [9.17, 15) is 0 Å². The van der Waals surface area contributed by atoms with Crippen molar-refractivity contribution >= 4 is 0 Å². The quantitative estimate of drug-likeness (QED) is 0.635.